The van der Waals surface area contributed by atoms with E-state index in [4.69, 9.17) is 20.4 Å². The minimum absolute atomic E-state index is 0.315. The van der Waals surface area contributed by atoms with E-state index in [-0.39, 0.29) is 0 Å². The van der Waals surface area contributed by atoms with E-state index in [2.05, 4.69) is 0 Å². The molecular weight excluding hydrogens is 226 g/mol. The average Bonchev–Trinajstić information content (AvgIpc) is 1.98. The quantitative estimate of drug-likeness (QED) is 0.366. The van der Waals surface area contributed by atoms with Crippen LogP contribution in [0.25, 0.3) is 0 Å². The molecule has 0 bridgehead atoms. The standard InChI is InChI=1S/C7H9NO8/c9-3(10)1-8(2-4(11)12)5(6(13)14)7(15)16/h5H,1-2H2,(H,9,10)(H,11,12)(H,13,14)(H,15,16). The number of aliphatic carboxylic acids is 4. The van der Waals surface area contributed by atoms with Gasteiger partial charge >= 0.3 is 23.9 Å². The molecule has 0 radical (unpaired) electrons. The summed E-state index contributed by atoms with van der Waals surface area (Å²) < 4.78 is 0. The van der Waals surface area contributed by atoms with Crippen LogP contribution in [0.3, 0.4) is 0 Å². The predicted molar refractivity (Wildman–Crippen MR) is 45.9 cm³/mol. The Bertz CT molecular complexity index is 294. The number of hydrogen-bond donors (Lipinski definition) is 4. The second-order valence-electron chi connectivity index (χ2n) is 2.77. The van der Waals surface area contributed by atoms with Crippen molar-refractivity contribution in [1.82, 2.24) is 4.90 Å². The third-order valence-electron chi connectivity index (χ3n) is 1.51. The number of carboxylic acid groups (broad SMARTS) is 4. The molecule has 0 aromatic carbocycles. The maximum absolute atomic E-state index is 10.5. The van der Waals surface area contributed by atoms with E-state index in [1.807, 2.05) is 0 Å². The first kappa shape index (κ1) is 13.8. The molecule has 0 spiro atoms. The first-order valence-corrected chi connectivity index (χ1v) is 3.89. The molecule has 0 unspecified atom stereocenters. The van der Waals surface area contributed by atoms with Crippen LogP contribution in [0.2, 0.25) is 0 Å². The molecule has 0 saturated carbocycles. The fourth-order valence-electron chi connectivity index (χ4n) is 1.00. The van der Waals surface area contributed by atoms with Crippen LogP contribution in [-0.2, 0) is 19.2 Å². The molecule has 0 heterocycles. The summed E-state index contributed by atoms with van der Waals surface area (Å²) in [5.74, 6) is -6.69. The first-order chi connectivity index (χ1) is 7.25. The monoisotopic (exact) mass is 235 g/mol. The molecule has 0 aliphatic carbocycles. The Labute approximate surface area is 88.5 Å². The minimum atomic E-state index is -2.20. The van der Waals surface area contributed by atoms with Crippen LogP contribution in [0, 0.1) is 0 Å². The summed E-state index contributed by atoms with van der Waals surface area (Å²) in [4.78, 5) is 42.0. The zero-order chi connectivity index (χ0) is 12.9. The molecule has 0 saturated heterocycles. The molecule has 16 heavy (non-hydrogen) atoms. The molecular formula is C7H9NO8. The van der Waals surface area contributed by atoms with Crippen LogP contribution in [0.1, 0.15) is 0 Å². The van der Waals surface area contributed by atoms with E-state index >= 15 is 0 Å². The smallest absolute Gasteiger partial charge is 0.332 e. The third-order valence-corrected chi connectivity index (χ3v) is 1.51. The summed E-state index contributed by atoms with van der Waals surface area (Å²) in [5.41, 5.74) is 0. The summed E-state index contributed by atoms with van der Waals surface area (Å²) in [6.45, 7) is -1.98. The topological polar surface area (TPSA) is 152 Å². The van der Waals surface area contributed by atoms with Crippen molar-refractivity contribution in [2.24, 2.45) is 0 Å². The molecule has 0 amide bonds. The van der Waals surface area contributed by atoms with E-state index in [0.717, 1.165) is 0 Å². The molecule has 0 aliphatic rings. The van der Waals surface area contributed by atoms with Gasteiger partial charge in [0, 0.05) is 0 Å². The van der Waals surface area contributed by atoms with Gasteiger partial charge in [0.2, 0.25) is 6.04 Å². The Morgan fingerprint density at radius 3 is 1.31 bits per heavy atom. The maximum Gasteiger partial charge on any atom is 0.332 e. The molecule has 0 aromatic rings. The van der Waals surface area contributed by atoms with Gasteiger partial charge in [0.15, 0.2) is 0 Å². The van der Waals surface area contributed by atoms with E-state index in [9.17, 15) is 19.2 Å². The van der Waals surface area contributed by atoms with E-state index in [0.29, 0.717) is 4.90 Å². The molecule has 9 nitrogen and oxygen atoms in total. The molecule has 0 fully saturated rings. The Morgan fingerprint density at radius 1 is 0.812 bits per heavy atom. The summed E-state index contributed by atoms with van der Waals surface area (Å²) in [6, 6.07) is -2.20. The van der Waals surface area contributed by atoms with Gasteiger partial charge in [-0.3, -0.25) is 14.5 Å². The number of rotatable bonds is 7. The molecule has 9 heteroatoms. The Kier molecular flexibility index (Phi) is 4.89. The van der Waals surface area contributed by atoms with Crippen LogP contribution < -0.4 is 0 Å². The van der Waals surface area contributed by atoms with Crippen molar-refractivity contribution in [2.45, 2.75) is 6.04 Å². The van der Waals surface area contributed by atoms with E-state index < -0.39 is 43.0 Å². The highest BCUT2D eigenvalue weighted by Gasteiger charge is 2.35. The first-order valence-electron chi connectivity index (χ1n) is 3.89. The Balaban J connectivity index is 4.94. The molecule has 4 N–H and O–H groups in total. The lowest BCUT2D eigenvalue weighted by atomic mass is 10.2. The van der Waals surface area contributed by atoms with Crippen LogP contribution >= 0.6 is 0 Å². The van der Waals surface area contributed by atoms with Gasteiger partial charge in [-0.2, -0.15) is 0 Å². The largest absolute Gasteiger partial charge is 0.480 e. The fraction of sp³-hybridized carbons (Fsp3) is 0.429. The molecule has 0 aromatic heterocycles. The lowest BCUT2D eigenvalue weighted by molar-refractivity contribution is -0.159. The van der Waals surface area contributed by atoms with E-state index in [1.54, 1.807) is 0 Å². The van der Waals surface area contributed by atoms with Crippen LogP contribution in [0.5, 0.6) is 0 Å². The lowest BCUT2D eigenvalue weighted by Crippen LogP contribution is -2.50. The molecule has 90 valence electrons. The molecule has 0 rings (SSSR count). The van der Waals surface area contributed by atoms with Gasteiger partial charge in [-0.1, -0.05) is 0 Å². The van der Waals surface area contributed by atoms with Gasteiger partial charge in [-0.25, -0.2) is 9.59 Å². The van der Waals surface area contributed by atoms with Gasteiger partial charge in [-0.05, 0) is 0 Å². The van der Waals surface area contributed by atoms with Crippen molar-refractivity contribution in [2.75, 3.05) is 13.1 Å². The van der Waals surface area contributed by atoms with Crippen molar-refractivity contribution in [3.05, 3.63) is 0 Å². The molecule has 0 aliphatic heterocycles. The van der Waals surface area contributed by atoms with Crippen LogP contribution in [0.4, 0.5) is 0 Å². The number of carboxylic acids is 4. The van der Waals surface area contributed by atoms with Crippen molar-refractivity contribution < 1.29 is 39.6 Å². The van der Waals surface area contributed by atoms with Crippen LogP contribution in [0.15, 0.2) is 0 Å². The second kappa shape index (κ2) is 5.66. The number of nitrogens with zero attached hydrogens (tertiary/aromatic N) is 1. The maximum atomic E-state index is 10.5. The zero-order valence-corrected chi connectivity index (χ0v) is 7.86. The highest BCUT2D eigenvalue weighted by molar-refractivity contribution is 5.98. The summed E-state index contributed by atoms with van der Waals surface area (Å²) in [5, 5.41) is 33.8. The van der Waals surface area contributed by atoms with Gasteiger partial charge in [0.05, 0.1) is 13.1 Å². The van der Waals surface area contributed by atoms with Crippen LogP contribution in [-0.4, -0.2) is 68.3 Å². The van der Waals surface area contributed by atoms with Gasteiger partial charge < -0.3 is 20.4 Å². The zero-order valence-electron chi connectivity index (χ0n) is 7.86. The summed E-state index contributed by atoms with van der Waals surface area (Å²) >= 11 is 0. The van der Waals surface area contributed by atoms with Crippen molar-refractivity contribution in [3.8, 4) is 0 Å². The normalized spacial score (nSPS) is 10.4. The van der Waals surface area contributed by atoms with Gasteiger partial charge in [-0.15, -0.1) is 0 Å². The Morgan fingerprint density at radius 2 is 1.12 bits per heavy atom. The minimum Gasteiger partial charge on any atom is -0.480 e. The average molecular weight is 235 g/mol. The Hall–Kier alpha value is -2.16. The highest BCUT2D eigenvalue weighted by atomic mass is 16.4. The summed E-state index contributed by atoms with van der Waals surface area (Å²) in [7, 11) is 0. The highest BCUT2D eigenvalue weighted by Crippen LogP contribution is 2.00. The number of hydrogen-bond acceptors (Lipinski definition) is 5. The van der Waals surface area contributed by atoms with E-state index in [1.165, 1.54) is 0 Å². The third kappa shape index (κ3) is 4.37. The van der Waals surface area contributed by atoms with Crippen molar-refractivity contribution >= 4 is 23.9 Å². The lowest BCUT2D eigenvalue weighted by Gasteiger charge is -2.21. The predicted octanol–water partition coefficient (Wildman–Crippen LogP) is -2.00. The van der Waals surface area contributed by atoms with Crippen molar-refractivity contribution in [1.29, 1.82) is 0 Å². The van der Waals surface area contributed by atoms with Crippen molar-refractivity contribution in [3.63, 3.8) is 0 Å². The van der Waals surface area contributed by atoms with Gasteiger partial charge in [0.25, 0.3) is 0 Å². The molecule has 0 atom stereocenters. The second-order valence-corrected chi connectivity index (χ2v) is 2.77. The SMILES string of the molecule is O=C(O)CN(CC(=O)O)C(C(=O)O)C(=O)O. The summed E-state index contributed by atoms with van der Waals surface area (Å²) in [6.07, 6.45) is 0. The number of carbonyl (C=O) groups is 4. The van der Waals surface area contributed by atoms with Gasteiger partial charge in [0.1, 0.15) is 0 Å². The fourth-order valence-corrected chi connectivity index (χ4v) is 1.00.